The SMILES string of the molecule is CCc1cccc2cc3c(=O)[nH]c(CNC)nc3nc12. The zero-order chi connectivity index (χ0) is 14.1. The van der Waals surface area contributed by atoms with Crippen molar-refractivity contribution < 1.29 is 0 Å². The van der Waals surface area contributed by atoms with Crippen LogP contribution in [0.2, 0.25) is 0 Å². The molecule has 2 heterocycles. The zero-order valence-electron chi connectivity index (χ0n) is 11.5. The van der Waals surface area contributed by atoms with Gasteiger partial charge in [0.05, 0.1) is 17.4 Å². The number of fused-ring (bicyclic) bond motifs is 2. The largest absolute Gasteiger partial charge is 0.313 e. The number of aromatic nitrogens is 3. The van der Waals surface area contributed by atoms with E-state index in [9.17, 15) is 4.79 Å². The monoisotopic (exact) mass is 268 g/mol. The average molecular weight is 268 g/mol. The number of pyridine rings is 1. The molecule has 0 aliphatic heterocycles. The van der Waals surface area contributed by atoms with Crippen molar-refractivity contribution in [3.05, 3.63) is 46.0 Å². The maximum atomic E-state index is 12.1. The molecular formula is C15H16N4O. The number of H-pyrrole nitrogens is 1. The van der Waals surface area contributed by atoms with Gasteiger partial charge in [0, 0.05) is 5.39 Å². The molecule has 20 heavy (non-hydrogen) atoms. The van der Waals surface area contributed by atoms with E-state index in [4.69, 9.17) is 0 Å². The van der Waals surface area contributed by atoms with E-state index in [1.165, 1.54) is 5.56 Å². The van der Waals surface area contributed by atoms with Crippen LogP contribution >= 0.6 is 0 Å². The first kappa shape index (κ1) is 12.7. The molecule has 1 aromatic carbocycles. The van der Waals surface area contributed by atoms with Gasteiger partial charge in [-0.25, -0.2) is 9.97 Å². The number of hydrogen-bond donors (Lipinski definition) is 2. The molecule has 102 valence electrons. The highest BCUT2D eigenvalue weighted by Crippen LogP contribution is 2.20. The molecule has 2 aromatic heterocycles. The average Bonchev–Trinajstić information content (AvgIpc) is 2.45. The number of nitrogens with zero attached hydrogens (tertiary/aromatic N) is 2. The van der Waals surface area contributed by atoms with Crippen LogP contribution in [0.25, 0.3) is 21.9 Å². The Morgan fingerprint density at radius 1 is 1.30 bits per heavy atom. The third kappa shape index (κ3) is 2.06. The summed E-state index contributed by atoms with van der Waals surface area (Å²) in [6, 6.07) is 7.89. The Morgan fingerprint density at radius 2 is 2.15 bits per heavy atom. The van der Waals surface area contributed by atoms with Crippen LogP contribution in [0.1, 0.15) is 18.3 Å². The highest BCUT2D eigenvalue weighted by Gasteiger charge is 2.08. The third-order valence-electron chi connectivity index (χ3n) is 3.38. The molecular weight excluding hydrogens is 252 g/mol. The Labute approximate surface area is 116 Å². The first-order chi connectivity index (χ1) is 9.72. The van der Waals surface area contributed by atoms with Crippen molar-refractivity contribution in [3.8, 4) is 0 Å². The summed E-state index contributed by atoms with van der Waals surface area (Å²) in [5.41, 5.74) is 2.46. The summed E-state index contributed by atoms with van der Waals surface area (Å²) in [5.74, 6) is 0.603. The number of aryl methyl sites for hydroxylation is 1. The number of nitrogens with one attached hydrogen (secondary N) is 2. The maximum absolute atomic E-state index is 12.1. The van der Waals surface area contributed by atoms with Gasteiger partial charge < -0.3 is 10.3 Å². The fourth-order valence-electron chi connectivity index (χ4n) is 2.39. The third-order valence-corrected chi connectivity index (χ3v) is 3.38. The highest BCUT2D eigenvalue weighted by atomic mass is 16.1. The summed E-state index contributed by atoms with van der Waals surface area (Å²) in [7, 11) is 1.81. The van der Waals surface area contributed by atoms with Gasteiger partial charge in [0.1, 0.15) is 5.82 Å². The lowest BCUT2D eigenvalue weighted by atomic mass is 10.1. The Morgan fingerprint density at radius 3 is 2.90 bits per heavy atom. The molecule has 0 amide bonds. The molecule has 0 spiro atoms. The fraction of sp³-hybridized carbons (Fsp3) is 0.267. The summed E-state index contributed by atoms with van der Waals surface area (Å²) in [6.45, 7) is 2.61. The van der Waals surface area contributed by atoms with E-state index in [-0.39, 0.29) is 5.56 Å². The molecule has 0 radical (unpaired) electrons. The van der Waals surface area contributed by atoms with Crippen LogP contribution in [0, 0.1) is 0 Å². The van der Waals surface area contributed by atoms with Crippen molar-refractivity contribution in [3.63, 3.8) is 0 Å². The molecule has 5 nitrogen and oxygen atoms in total. The van der Waals surface area contributed by atoms with Crippen LogP contribution in [0.4, 0.5) is 0 Å². The number of para-hydroxylation sites is 1. The quantitative estimate of drug-likeness (QED) is 0.710. The van der Waals surface area contributed by atoms with E-state index in [0.717, 1.165) is 17.3 Å². The van der Waals surface area contributed by atoms with Gasteiger partial charge in [0.15, 0.2) is 5.65 Å². The normalized spacial score (nSPS) is 11.3. The Balaban J connectivity index is 2.36. The molecule has 2 N–H and O–H groups in total. The van der Waals surface area contributed by atoms with Crippen LogP contribution in [0.15, 0.2) is 29.1 Å². The minimum atomic E-state index is -0.142. The molecule has 3 aromatic rings. The summed E-state index contributed by atoms with van der Waals surface area (Å²) < 4.78 is 0. The van der Waals surface area contributed by atoms with E-state index in [1.807, 2.05) is 25.2 Å². The highest BCUT2D eigenvalue weighted by molar-refractivity contribution is 5.92. The number of benzene rings is 1. The predicted octanol–water partition coefficient (Wildman–Crippen LogP) is 1.75. The van der Waals surface area contributed by atoms with Crippen LogP contribution in [0.3, 0.4) is 0 Å². The van der Waals surface area contributed by atoms with E-state index in [0.29, 0.717) is 23.4 Å². The first-order valence-electron chi connectivity index (χ1n) is 6.69. The first-order valence-corrected chi connectivity index (χ1v) is 6.69. The van der Waals surface area contributed by atoms with Crippen LogP contribution < -0.4 is 10.9 Å². The van der Waals surface area contributed by atoms with Gasteiger partial charge in [-0.15, -0.1) is 0 Å². The second-order valence-corrected chi connectivity index (χ2v) is 4.74. The smallest absolute Gasteiger partial charge is 0.260 e. The summed E-state index contributed by atoms with van der Waals surface area (Å²) in [6.07, 6.45) is 0.905. The lowest BCUT2D eigenvalue weighted by Crippen LogP contribution is -2.17. The van der Waals surface area contributed by atoms with E-state index < -0.39 is 0 Å². The molecule has 0 bridgehead atoms. The van der Waals surface area contributed by atoms with E-state index >= 15 is 0 Å². The topological polar surface area (TPSA) is 70.7 Å². The molecule has 0 unspecified atom stereocenters. The minimum absolute atomic E-state index is 0.142. The number of aromatic amines is 1. The molecule has 3 rings (SSSR count). The minimum Gasteiger partial charge on any atom is -0.313 e. The van der Waals surface area contributed by atoms with E-state index in [2.05, 4.69) is 33.3 Å². The van der Waals surface area contributed by atoms with Crippen molar-refractivity contribution in [1.82, 2.24) is 20.3 Å². The predicted molar refractivity (Wildman–Crippen MR) is 79.8 cm³/mol. The fourth-order valence-corrected chi connectivity index (χ4v) is 2.39. The molecule has 0 fully saturated rings. The van der Waals surface area contributed by atoms with Crippen molar-refractivity contribution >= 4 is 21.9 Å². The van der Waals surface area contributed by atoms with Gasteiger partial charge in [-0.1, -0.05) is 25.1 Å². The standard InChI is InChI=1S/C15H16N4O/c1-3-9-5-4-6-10-7-11-14(19-13(9)10)17-12(8-16-2)18-15(11)20/h4-7,16H,3,8H2,1-2H3,(H,17,18,19,20). The van der Waals surface area contributed by atoms with Gasteiger partial charge >= 0.3 is 0 Å². The lowest BCUT2D eigenvalue weighted by Gasteiger charge is -2.06. The molecule has 0 atom stereocenters. The van der Waals surface area contributed by atoms with Crippen LogP contribution in [0.5, 0.6) is 0 Å². The van der Waals surface area contributed by atoms with Gasteiger partial charge in [-0.05, 0) is 25.1 Å². The van der Waals surface area contributed by atoms with Gasteiger partial charge in [-0.3, -0.25) is 4.79 Å². The molecule has 0 aliphatic rings. The maximum Gasteiger partial charge on any atom is 0.260 e. The summed E-state index contributed by atoms with van der Waals surface area (Å²) >= 11 is 0. The van der Waals surface area contributed by atoms with Crippen molar-refractivity contribution in [2.75, 3.05) is 7.05 Å². The van der Waals surface area contributed by atoms with Gasteiger partial charge in [-0.2, -0.15) is 0 Å². The molecule has 5 heteroatoms. The molecule has 0 saturated heterocycles. The molecule has 0 aliphatic carbocycles. The zero-order valence-corrected chi connectivity index (χ0v) is 11.5. The van der Waals surface area contributed by atoms with Gasteiger partial charge in [0.25, 0.3) is 5.56 Å². The van der Waals surface area contributed by atoms with E-state index in [1.54, 1.807) is 0 Å². The number of hydrogen-bond acceptors (Lipinski definition) is 4. The second-order valence-electron chi connectivity index (χ2n) is 4.74. The van der Waals surface area contributed by atoms with Crippen molar-refractivity contribution in [1.29, 1.82) is 0 Å². The van der Waals surface area contributed by atoms with Crippen molar-refractivity contribution in [2.24, 2.45) is 0 Å². The lowest BCUT2D eigenvalue weighted by molar-refractivity contribution is 0.758. The van der Waals surface area contributed by atoms with Crippen LogP contribution in [-0.4, -0.2) is 22.0 Å². The van der Waals surface area contributed by atoms with Gasteiger partial charge in [0.2, 0.25) is 0 Å². The van der Waals surface area contributed by atoms with Crippen LogP contribution in [-0.2, 0) is 13.0 Å². The Bertz CT molecular complexity index is 838. The summed E-state index contributed by atoms with van der Waals surface area (Å²) in [4.78, 5) is 23.9. The van der Waals surface area contributed by atoms with Crippen molar-refractivity contribution in [2.45, 2.75) is 19.9 Å². The molecule has 0 saturated carbocycles. The number of rotatable bonds is 3. The second kappa shape index (κ2) is 5.02. The Hall–Kier alpha value is -2.27. The summed E-state index contributed by atoms with van der Waals surface area (Å²) in [5, 5.41) is 4.49. The Kier molecular flexibility index (Phi) is 3.20.